The predicted molar refractivity (Wildman–Crippen MR) is 216 cm³/mol. The Morgan fingerprint density at radius 1 is 0.412 bits per heavy atom. The molecule has 0 aliphatic rings. The summed E-state index contributed by atoms with van der Waals surface area (Å²) in [5, 5.41) is 51.5. The summed E-state index contributed by atoms with van der Waals surface area (Å²) in [6, 6.07) is 18.8. The minimum absolute atomic E-state index is 0.233. The van der Waals surface area contributed by atoms with Gasteiger partial charge in [-0.15, -0.1) is 0 Å². The number of hydrogen-bond donors (Lipinski definition) is 4. The van der Waals surface area contributed by atoms with Crippen LogP contribution in [-0.2, 0) is 38.1 Å². The van der Waals surface area contributed by atoms with Crippen molar-refractivity contribution in [2.75, 3.05) is 13.2 Å². The second-order valence-electron chi connectivity index (χ2n) is 21.4. The zero-order chi connectivity index (χ0) is 39.6. The van der Waals surface area contributed by atoms with E-state index < -0.39 is 41.2 Å². The molecule has 51 heavy (non-hydrogen) atoms. The largest absolute Gasteiger partial charge is 0.395 e. The van der Waals surface area contributed by atoms with Crippen molar-refractivity contribution in [3.8, 4) is 0 Å². The Balaban J connectivity index is 2.81. The second-order valence-corrected chi connectivity index (χ2v) is 21.4. The average Bonchev–Trinajstić information content (AvgIpc) is 2.98. The SMILES string of the molecule is CC(C)(C)c1ccc(C(C)(C)C)c(C(O)C(CO)(CO)C(O)(c2cc(C(C)(C)C)ccc2C(C)(C)C)c2cc(C(C)(C)C)ccc2C(C)(C)C)c1. The maximum Gasteiger partial charge on any atom is 0.128 e. The van der Waals surface area contributed by atoms with Crippen LogP contribution in [0.1, 0.15) is 181 Å². The zero-order valence-electron chi connectivity index (χ0n) is 35.5. The van der Waals surface area contributed by atoms with Crippen molar-refractivity contribution < 1.29 is 20.4 Å². The predicted octanol–water partition coefficient (Wildman–Crippen LogP) is 10.4. The number of aliphatic hydroxyl groups excluding tert-OH is 3. The molecule has 0 bridgehead atoms. The van der Waals surface area contributed by atoms with Gasteiger partial charge in [-0.05, 0) is 82.6 Å². The van der Waals surface area contributed by atoms with E-state index in [1.807, 2.05) is 6.07 Å². The minimum atomic E-state index is -2.07. The summed E-state index contributed by atoms with van der Waals surface area (Å²) in [4.78, 5) is 0. The van der Waals surface area contributed by atoms with E-state index in [4.69, 9.17) is 0 Å². The van der Waals surface area contributed by atoms with Gasteiger partial charge in [-0.3, -0.25) is 0 Å². The first-order valence-electron chi connectivity index (χ1n) is 18.9. The van der Waals surface area contributed by atoms with E-state index in [-0.39, 0.29) is 21.7 Å². The highest BCUT2D eigenvalue weighted by Gasteiger charge is 2.60. The van der Waals surface area contributed by atoms with Crippen molar-refractivity contribution in [1.82, 2.24) is 0 Å². The lowest BCUT2D eigenvalue weighted by Gasteiger charge is -2.52. The maximum atomic E-state index is 14.4. The second kappa shape index (κ2) is 13.7. The third-order valence-corrected chi connectivity index (χ3v) is 11.0. The van der Waals surface area contributed by atoms with E-state index in [2.05, 4.69) is 173 Å². The molecule has 4 N–H and O–H groups in total. The molecule has 0 saturated carbocycles. The summed E-state index contributed by atoms with van der Waals surface area (Å²) in [5.74, 6) is 0. The fraction of sp³-hybridized carbons (Fsp3) is 0.617. The van der Waals surface area contributed by atoms with Crippen LogP contribution in [0.5, 0.6) is 0 Å². The van der Waals surface area contributed by atoms with Crippen molar-refractivity contribution in [3.63, 3.8) is 0 Å². The van der Waals surface area contributed by atoms with Crippen LogP contribution in [0.15, 0.2) is 54.6 Å². The Morgan fingerprint density at radius 2 is 0.706 bits per heavy atom. The van der Waals surface area contributed by atoms with Crippen molar-refractivity contribution in [2.24, 2.45) is 5.41 Å². The Labute approximate surface area is 311 Å². The van der Waals surface area contributed by atoms with E-state index in [1.165, 1.54) is 0 Å². The Hall–Kier alpha value is -2.50. The molecule has 0 saturated heterocycles. The molecule has 0 aromatic heterocycles. The topological polar surface area (TPSA) is 80.9 Å². The van der Waals surface area contributed by atoms with Gasteiger partial charge in [-0.25, -0.2) is 0 Å². The summed E-state index contributed by atoms with van der Waals surface area (Å²) in [7, 11) is 0. The molecule has 4 nitrogen and oxygen atoms in total. The summed E-state index contributed by atoms with van der Waals surface area (Å²) in [6.07, 6.45) is -1.47. The minimum Gasteiger partial charge on any atom is -0.395 e. The Kier molecular flexibility index (Phi) is 11.5. The quantitative estimate of drug-likeness (QED) is 0.198. The summed E-state index contributed by atoms with van der Waals surface area (Å²) in [6.45, 7) is 37.0. The molecule has 1 atom stereocenters. The molecule has 3 aromatic carbocycles. The van der Waals surface area contributed by atoms with Crippen molar-refractivity contribution in [3.05, 3.63) is 105 Å². The van der Waals surface area contributed by atoms with Gasteiger partial charge in [0.05, 0.1) is 24.7 Å². The molecule has 0 amide bonds. The molecule has 1 unspecified atom stereocenters. The summed E-state index contributed by atoms with van der Waals surface area (Å²) in [5.41, 5.74) is 1.50. The number of hydrogen-bond acceptors (Lipinski definition) is 4. The van der Waals surface area contributed by atoms with Crippen molar-refractivity contribution >= 4 is 0 Å². The fourth-order valence-electron chi connectivity index (χ4n) is 7.50. The molecule has 0 fully saturated rings. The highest BCUT2D eigenvalue weighted by atomic mass is 16.3. The molecule has 0 aliphatic carbocycles. The Morgan fingerprint density at radius 3 is 0.980 bits per heavy atom. The van der Waals surface area contributed by atoms with Gasteiger partial charge in [0.1, 0.15) is 5.60 Å². The van der Waals surface area contributed by atoms with Gasteiger partial charge in [-0.2, -0.15) is 0 Å². The van der Waals surface area contributed by atoms with Crippen molar-refractivity contribution in [1.29, 1.82) is 0 Å². The molecule has 0 aliphatic heterocycles. The van der Waals surface area contributed by atoms with Gasteiger partial charge >= 0.3 is 0 Å². The molecule has 3 rings (SSSR count). The Bertz CT molecular complexity index is 1610. The van der Waals surface area contributed by atoms with Crippen LogP contribution in [0.25, 0.3) is 0 Å². The lowest BCUT2D eigenvalue weighted by molar-refractivity contribution is -0.174. The summed E-state index contributed by atoms with van der Waals surface area (Å²) >= 11 is 0. The van der Waals surface area contributed by atoms with E-state index in [9.17, 15) is 20.4 Å². The van der Waals surface area contributed by atoms with E-state index in [1.54, 1.807) is 0 Å². The lowest BCUT2D eigenvalue weighted by Crippen LogP contribution is -2.57. The molecule has 3 aromatic rings. The van der Waals surface area contributed by atoms with Crippen molar-refractivity contribution in [2.45, 2.75) is 169 Å². The van der Waals surface area contributed by atoms with E-state index >= 15 is 0 Å². The molecule has 0 radical (unpaired) electrons. The van der Waals surface area contributed by atoms with Crippen LogP contribution in [0.2, 0.25) is 0 Å². The molecule has 0 heterocycles. The van der Waals surface area contributed by atoms with E-state index in [0.29, 0.717) is 16.7 Å². The van der Waals surface area contributed by atoms with E-state index in [0.717, 1.165) is 33.4 Å². The first-order valence-corrected chi connectivity index (χ1v) is 18.9. The third kappa shape index (κ3) is 8.20. The normalized spacial score (nSPS) is 14.9. The van der Waals surface area contributed by atoms with Crippen LogP contribution < -0.4 is 0 Å². The fourth-order valence-corrected chi connectivity index (χ4v) is 7.50. The lowest BCUT2D eigenvalue weighted by atomic mass is 9.56. The van der Waals surface area contributed by atoms with Gasteiger partial charge in [0, 0.05) is 0 Å². The highest BCUT2D eigenvalue weighted by molar-refractivity contribution is 5.55. The zero-order valence-corrected chi connectivity index (χ0v) is 35.5. The smallest absolute Gasteiger partial charge is 0.128 e. The van der Waals surface area contributed by atoms with Gasteiger partial charge in [-0.1, -0.05) is 179 Å². The average molecular weight is 701 g/mol. The van der Waals surface area contributed by atoms with Crippen LogP contribution in [0.3, 0.4) is 0 Å². The van der Waals surface area contributed by atoms with Gasteiger partial charge in [0.15, 0.2) is 0 Å². The van der Waals surface area contributed by atoms with Gasteiger partial charge in [0.25, 0.3) is 0 Å². The first-order chi connectivity index (χ1) is 22.8. The highest BCUT2D eigenvalue weighted by Crippen LogP contribution is 2.57. The van der Waals surface area contributed by atoms with Crippen LogP contribution in [0, 0.1) is 5.41 Å². The molecular weight excluding hydrogens is 629 g/mol. The molecule has 0 spiro atoms. The standard InChI is InChI=1S/C47H72O4/c1-40(2,3)30-19-22-34(43(10,11)12)33(25-30)39(50)46(28-48,29-49)47(51,37-26-31(41(4,5)6)20-23-35(37)44(13,14)15)38-27-32(42(7,8)9)21-24-36(38)45(16,17)18/h19-27,39,48-51H,28-29H2,1-18H3. The van der Waals surface area contributed by atoms with Gasteiger partial charge in [0.2, 0.25) is 0 Å². The number of aliphatic hydroxyl groups is 4. The number of benzene rings is 3. The van der Waals surface area contributed by atoms with Gasteiger partial charge < -0.3 is 20.4 Å². The monoisotopic (exact) mass is 701 g/mol. The molecule has 284 valence electrons. The third-order valence-electron chi connectivity index (χ3n) is 11.0. The van der Waals surface area contributed by atoms with Crippen LogP contribution >= 0.6 is 0 Å². The number of rotatable bonds is 7. The first kappa shape index (κ1) is 42.9. The maximum absolute atomic E-state index is 14.4. The van der Waals surface area contributed by atoms with Crippen LogP contribution in [-0.4, -0.2) is 33.6 Å². The molecular formula is C47H72O4. The summed E-state index contributed by atoms with van der Waals surface area (Å²) < 4.78 is 0. The van der Waals surface area contributed by atoms with Crippen LogP contribution in [0.4, 0.5) is 0 Å². The molecule has 4 heteroatoms.